The molecule has 0 atom stereocenters. The monoisotopic (exact) mass is 338 g/mol. The minimum Gasteiger partial charge on any atom is -0.398 e. The van der Waals surface area contributed by atoms with Crippen molar-refractivity contribution in [1.29, 1.82) is 0 Å². The lowest BCUT2D eigenvalue weighted by Crippen LogP contribution is -2.23. The Balaban J connectivity index is 2.01. The largest absolute Gasteiger partial charge is 0.398 e. The van der Waals surface area contributed by atoms with Gasteiger partial charge in [-0.15, -0.1) is 11.3 Å². The van der Waals surface area contributed by atoms with E-state index in [0.717, 1.165) is 15.8 Å². The number of nitrogens with two attached hydrogens (primary N) is 1. The average molecular weight is 339 g/mol. The minimum atomic E-state index is -0.142. The standard InChI is InChI=1S/C14H15BrN2OS/c1-2-10-4-5-11(19-10)8-17-14(18)12-6-3-9(15)7-13(12)16/h3-7H,2,8,16H2,1H3,(H,17,18). The van der Waals surface area contributed by atoms with Gasteiger partial charge in [-0.2, -0.15) is 0 Å². The SMILES string of the molecule is CCc1ccc(CNC(=O)c2ccc(Br)cc2N)s1. The van der Waals surface area contributed by atoms with E-state index in [2.05, 4.69) is 40.3 Å². The molecule has 0 radical (unpaired) electrons. The molecule has 0 aliphatic heterocycles. The van der Waals surface area contributed by atoms with Crippen molar-refractivity contribution in [3.63, 3.8) is 0 Å². The van der Waals surface area contributed by atoms with Crippen LogP contribution >= 0.6 is 27.3 Å². The van der Waals surface area contributed by atoms with Crippen LogP contribution in [0.4, 0.5) is 5.69 Å². The summed E-state index contributed by atoms with van der Waals surface area (Å²) in [6.07, 6.45) is 1.03. The molecular formula is C14H15BrN2OS. The highest BCUT2D eigenvalue weighted by atomic mass is 79.9. The Kier molecular flexibility index (Phi) is 4.61. The van der Waals surface area contributed by atoms with Gasteiger partial charge in [-0.05, 0) is 36.8 Å². The number of amides is 1. The predicted molar refractivity (Wildman–Crippen MR) is 83.4 cm³/mol. The number of hydrogen-bond donors (Lipinski definition) is 2. The molecule has 2 rings (SSSR count). The van der Waals surface area contributed by atoms with Gasteiger partial charge in [0.25, 0.3) is 5.91 Å². The van der Waals surface area contributed by atoms with Crippen molar-refractivity contribution in [2.24, 2.45) is 0 Å². The maximum atomic E-state index is 12.0. The van der Waals surface area contributed by atoms with Gasteiger partial charge >= 0.3 is 0 Å². The second-order valence-electron chi connectivity index (χ2n) is 4.14. The van der Waals surface area contributed by atoms with Gasteiger partial charge in [-0.1, -0.05) is 22.9 Å². The van der Waals surface area contributed by atoms with Crippen LogP contribution in [-0.4, -0.2) is 5.91 Å². The molecule has 0 saturated carbocycles. The number of rotatable bonds is 4. The van der Waals surface area contributed by atoms with Crippen LogP contribution in [0, 0.1) is 0 Å². The van der Waals surface area contributed by atoms with Crippen molar-refractivity contribution >= 4 is 38.9 Å². The number of nitrogen functional groups attached to an aromatic ring is 1. The average Bonchev–Trinajstić information content (AvgIpc) is 2.84. The van der Waals surface area contributed by atoms with Crippen molar-refractivity contribution in [2.45, 2.75) is 19.9 Å². The highest BCUT2D eigenvalue weighted by Crippen LogP contribution is 2.19. The van der Waals surface area contributed by atoms with Gasteiger partial charge in [0.15, 0.2) is 0 Å². The molecule has 0 spiro atoms. The molecule has 1 amide bonds. The van der Waals surface area contributed by atoms with E-state index in [9.17, 15) is 4.79 Å². The highest BCUT2D eigenvalue weighted by molar-refractivity contribution is 9.10. The van der Waals surface area contributed by atoms with E-state index in [1.54, 1.807) is 23.5 Å². The zero-order valence-electron chi connectivity index (χ0n) is 10.6. The second-order valence-corrected chi connectivity index (χ2v) is 6.30. The van der Waals surface area contributed by atoms with E-state index in [1.807, 2.05) is 6.07 Å². The van der Waals surface area contributed by atoms with Crippen LogP contribution < -0.4 is 11.1 Å². The number of thiophene rings is 1. The van der Waals surface area contributed by atoms with Gasteiger partial charge in [0, 0.05) is 19.9 Å². The van der Waals surface area contributed by atoms with Crippen molar-refractivity contribution in [2.75, 3.05) is 5.73 Å². The minimum absolute atomic E-state index is 0.142. The molecule has 3 N–H and O–H groups in total. The second kappa shape index (κ2) is 6.21. The lowest BCUT2D eigenvalue weighted by atomic mass is 10.1. The number of carbonyl (C=O) groups is 1. The van der Waals surface area contributed by atoms with E-state index in [4.69, 9.17) is 5.73 Å². The lowest BCUT2D eigenvalue weighted by Gasteiger charge is -2.06. The van der Waals surface area contributed by atoms with Gasteiger partial charge in [-0.3, -0.25) is 4.79 Å². The van der Waals surface area contributed by atoms with Crippen molar-refractivity contribution < 1.29 is 4.79 Å². The summed E-state index contributed by atoms with van der Waals surface area (Å²) in [7, 11) is 0. The molecule has 0 aliphatic carbocycles. The van der Waals surface area contributed by atoms with E-state index in [1.165, 1.54) is 4.88 Å². The quantitative estimate of drug-likeness (QED) is 0.837. The first kappa shape index (κ1) is 14.1. The van der Waals surface area contributed by atoms with Crippen LogP contribution in [0.25, 0.3) is 0 Å². The zero-order chi connectivity index (χ0) is 13.8. The Hall–Kier alpha value is -1.33. The molecule has 0 unspecified atom stereocenters. The molecular weight excluding hydrogens is 324 g/mol. The maximum Gasteiger partial charge on any atom is 0.253 e. The third kappa shape index (κ3) is 3.58. The summed E-state index contributed by atoms with van der Waals surface area (Å²) in [6.45, 7) is 2.66. The van der Waals surface area contributed by atoms with Gasteiger partial charge < -0.3 is 11.1 Å². The summed E-state index contributed by atoms with van der Waals surface area (Å²) < 4.78 is 0.868. The molecule has 1 aromatic heterocycles. The third-order valence-corrected chi connectivity index (χ3v) is 4.47. The summed E-state index contributed by atoms with van der Waals surface area (Å²) in [6, 6.07) is 9.41. The first-order valence-electron chi connectivity index (χ1n) is 6.01. The number of nitrogens with one attached hydrogen (secondary N) is 1. The fourth-order valence-corrected chi connectivity index (χ4v) is 2.99. The fraction of sp³-hybridized carbons (Fsp3) is 0.214. The molecule has 100 valence electrons. The Morgan fingerprint density at radius 1 is 1.32 bits per heavy atom. The van der Waals surface area contributed by atoms with Gasteiger partial charge in [-0.25, -0.2) is 0 Å². The molecule has 0 fully saturated rings. The third-order valence-electron chi connectivity index (χ3n) is 2.75. The number of aryl methyl sites for hydroxylation is 1. The van der Waals surface area contributed by atoms with E-state index in [-0.39, 0.29) is 5.91 Å². The zero-order valence-corrected chi connectivity index (χ0v) is 13.0. The molecule has 1 aromatic carbocycles. The van der Waals surface area contributed by atoms with Crippen LogP contribution in [0.5, 0.6) is 0 Å². The first-order chi connectivity index (χ1) is 9.10. The number of carbonyl (C=O) groups excluding carboxylic acids is 1. The molecule has 2 aromatic rings. The lowest BCUT2D eigenvalue weighted by molar-refractivity contribution is 0.0952. The summed E-state index contributed by atoms with van der Waals surface area (Å²) in [5.41, 5.74) is 6.82. The maximum absolute atomic E-state index is 12.0. The summed E-state index contributed by atoms with van der Waals surface area (Å²) in [4.78, 5) is 14.5. The molecule has 0 bridgehead atoms. The van der Waals surface area contributed by atoms with E-state index < -0.39 is 0 Å². The van der Waals surface area contributed by atoms with Gasteiger partial charge in [0.05, 0.1) is 12.1 Å². The van der Waals surface area contributed by atoms with E-state index >= 15 is 0 Å². The van der Waals surface area contributed by atoms with Crippen molar-refractivity contribution in [3.8, 4) is 0 Å². The van der Waals surface area contributed by atoms with Crippen LogP contribution in [0.15, 0.2) is 34.8 Å². The highest BCUT2D eigenvalue weighted by Gasteiger charge is 2.10. The molecule has 0 saturated heterocycles. The predicted octanol–water partition coefficient (Wildman–Crippen LogP) is 3.59. The number of hydrogen-bond acceptors (Lipinski definition) is 3. The number of halogens is 1. The number of anilines is 1. The summed E-state index contributed by atoms with van der Waals surface area (Å²) >= 11 is 5.04. The van der Waals surface area contributed by atoms with Crippen LogP contribution in [0.1, 0.15) is 27.0 Å². The van der Waals surface area contributed by atoms with Crippen LogP contribution in [0.2, 0.25) is 0 Å². The normalized spacial score (nSPS) is 10.4. The Morgan fingerprint density at radius 3 is 2.68 bits per heavy atom. The van der Waals surface area contributed by atoms with E-state index in [0.29, 0.717) is 17.8 Å². The molecule has 3 nitrogen and oxygen atoms in total. The van der Waals surface area contributed by atoms with Crippen molar-refractivity contribution in [3.05, 3.63) is 50.1 Å². The molecule has 0 aliphatic rings. The Morgan fingerprint density at radius 2 is 2.05 bits per heavy atom. The van der Waals surface area contributed by atoms with Crippen LogP contribution in [0.3, 0.4) is 0 Å². The van der Waals surface area contributed by atoms with Gasteiger partial charge in [0.2, 0.25) is 0 Å². The summed E-state index contributed by atoms with van der Waals surface area (Å²) in [5, 5.41) is 2.89. The van der Waals surface area contributed by atoms with Crippen molar-refractivity contribution in [1.82, 2.24) is 5.32 Å². The topological polar surface area (TPSA) is 55.1 Å². The fourth-order valence-electron chi connectivity index (χ4n) is 1.71. The number of benzene rings is 1. The Bertz CT molecular complexity index is 595. The summed E-state index contributed by atoms with van der Waals surface area (Å²) in [5.74, 6) is -0.142. The van der Waals surface area contributed by atoms with Crippen LogP contribution in [-0.2, 0) is 13.0 Å². The first-order valence-corrected chi connectivity index (χ1v) is 7.62. The molecule has 5 heteroatoms. The smallest absolute Gasteiger partial charge is 0.253 e. The van der Waals surface area contributed by atoms with Gasteiger partial charge in [0.1, 0.15) is 0 Å². The molecule has 1 heterocycles. The Labute approximate surface area is 125 Å². The molecule has 19 heavy (non-hydrogen) atoms.